The number of Topliss-reactive ketones (excluding diaryl/α,β-unsaturated/α-hetero) is 2. The van der Waals surface area contributed by atoms with Gasteiger partial charge in [-0.1, -0.05) is 98.6 Å². The van der Waals surface area contributed by atoms with E-state index in [1.807, 2.05) is 51.1 Å². The third-order valence-electron chi connectivity index (χ3n) is 7.35. The Morgan fingerprint density at radius 2 is 1.59 bits per heavy atom. The van der Waals surface area contributed by atoms with Crippen molar-refractivity contribution in [3.8, 4) is 0 Å². The Hall–Kier alpha value is -2.29. The molecule has 3 aromatic carbocycles. The molecule has 0 aliphatic carbocycles. The van der Waals surface area contributed by atoms with Gasteiger partial charge in [0.15, 0.2) is 5.78 Å². The maximum atomic E-state index is 14.4. The second-order valence-corrected chi connectivity index (χ2v) is 14.9. The van der Waals surface area contributed by atoms with E-state index in [-0.39, 0.29) is 27.9 Å². The van der Waals surface area contributed by atoms with Crippen LogP contribution in [0, 0.1) is 11.3 Å². The lowest BCUT2D eigenvalue weighted by molar-refractivity contribution is -0.125. The molecule has 0 N–H and O–H groups in total. The molecule has 41 heavy (non-hydrogen) atoms. The summed E-state index contributed by atoms with van der Waals surface area (Å²) in [5.41, 5.74) is 1.21. The van der Waals surface area contributed by atoms with E-state index in [0.717, 1.165) is 5.56 Å². The molecule has 1 heterocycles. The first-order valence-corrected chi connectivity index (χ1v) is 16.2. The molecule has 0 saturated carbocycles. The molecule has 0 aromatic heterocycles. The van der Waals surface area contributed by atoms with Crippen molar-refractivity contribution in [3.05, 3.63) is 110 Å². The molecule has 0 radical (unpaired) electrons. The monoisotopic (exact) mass is 675 g/mol. The average Bonchev–Trinajstić information content (AvgIpc) is 3.33. The van der Waals surface area contributed by atoms with E-state index in [9.17, 15) is 18.0 Å². The number of hydrogen-bond acceptors (Lipinski definition) is 4. The van der Waals surface area contributed by atoms with Crippen LogP contribution in [0.15, 0.2) is 93.8 Å². The second-order valence-electron chi connectivity index (χ2n) is 11.4. The molecule has 0 bridgehead atoms. The van der Waals surface area contributed by atoms with Crippen molar-refractivity contribution in [2.45, 2.75) is 57.5 Å². The highest BCUT2D eigenvalue weighted by Gasteiger charge is 2.50. The van der Waals surface area contributed by atoms with Gasteiger partial charge in [-0.05, 0) is 70.1 Å². The summed E-state index contributed by atoms with van der Waals surface area (Å²) in [6.45, 7) is 7.29. The van der Waals surface area contributed by atoms with Crippen LogP contribution in [0.25, 0.3) is 0 Å². The molecule has 0 fully saturated rings. The van der Waals surface area contributed by atoms with E-state index < -0.39 is 33.4 Å². The number of hydrogen-bond donors (Lipinski definition) is 0. The molecule has 1 unspecified atom stereocenters. The van der Waals surface area contributed by atoms with Gasteiger partial charge in [0.2, 0.25) is 10.0 Å². The average molecular weight is 677 g/mol. The van der Waals surface area contributed by atoms with Crippen LogP contribution in [-0.2, 0) is 26.0 Å². The van der Waals surface area contributed by atoms with Crippen molar-refractivity contribution in [2.24, 2.45) is 11.3 Å². The van der Waals surface area contributed by atoms with Crippen molar-refractivity contribution in [3.63, 3.8) is 0 Å². The van der Waals surface area contributed by atoms with Crippen LogP contribution in [0.3, 0.4) is 0 Å². The molecular formula is C32H32BrCl2NO4S. The maximum absolute atomic E-state index is 14.4. The lowest BCUT2D eigenvalue weighted by atomic mass is 9.85. The summed E-state index contributed by atoms with van der Waals surface area (Å²) >= 11 is 16.0. The van der Waals surface area contributed by atoms with Gasteiger partial charge < -0.3 is 0 Å². The Morgan fingerprint density at radius 3 is 2.17 bits per heavy atom. The first-order chi connectivity index (χ1) is 19.2. The predicted octanol–water partition coefficient (Wildman–Crippen LogP) is 8.25. The topological polar surface area (TPSA) is 71.5 Å². The highest BCUT2D eigenvalue weighted by molar-refractivity contribution is 9.10. The van der Waals surface area contributed by atoms with Gasteiger partial charge in [-0.25, -0.2) is 8.42 Å². The predicted molar refractivity (Wildman–Crippen MR) is 168 cm³/mol. The van der Waals surface area contributed by atoms with Gasteiger partial charge in [0, 0.05) is 28.4 Å². The highest BCUT2D eigenvalue weighted by Crippen LogP contribution is 2.48. The lowest BCUT2D eigenvalue weighted by Gasteiger charge is -2.37. The van der Waals surface area contributed by atoms with Crippen molar-refractivity contribution < 1.29 is 18.0 Å². The molecule has 0 spiro atoms. The van der Waals surface area contributed by atoms with Gasteiger partial charge >= 0.3 is 0 Å². The zero-order valence-electron chi connectivity index (χ0n) is 23.3. The fourth-order valence-electron chi connectivity index (χ4n) is 5.17. The van der Waals surface area contributed by atoms with E-state index in [4.69, 9.17) is 23.2 Å². The van der Waals surface area contributed by atoms with E-state index in [2.05, 4.69) is 15.9 Å². The van der Waals surface area contributed by atoms with Crippen LogP contribution in [0.5, 0.6) is 0 Å². The van der Waals surface area contributed by atoms with E-state index >= 15 is 0 Å². The molecule has 0 amide bonds. The highest BCUT2D eigenvalue weighted by atomic mass is 79.9. The van der Waals surface area contributed by atoms with Crippen molar-refractivity contribution in [2.75, 3.05) is 0 Å². The summed E-state index contributed by atoms with van der Waals surface area (Å²) in [5.74, 6) is -0.935. The van der Waals surface area contributed by atoms with Crippen molar-refractivity contribution >= 4 is 60.7 Å². The molecule has 1 aliphatic heterocycles. The summed E-state index contributed by atoms with van der Waals surface area (Å²) in [7, 11) is -4.14. The molecule has 0 saturated heterocycles. The number of nitrogens with zero attached hydrogens (tertiary/aromatic N) is 1. The molecular weight excluding hydrogens is 645 g/mol. The fourth-order valence-corrected chi connectivity index (χ4v) is 8.36. The van der Waals surface area contributed by atoms with Gasteiger partial charge in [0.25, 0.3) is 0 Å². The molecule has 216 valence electrons. The summed E-state index contributed by atoms with van der Waals surface area (Å²) < 4.78 is 30.7. The van der Waals surface area contributed by atoms with Crippen molar-refractivity contribution in [1.29, 1.82) is 0 Å². The third kappa shape index (κ3) is 6.86. The Labute approximate surface area is 260 Å². The van der Waals surface area contributed by atoms with Gasteiger partial charge in [0.1, 0.15) is 5.78 Å². The minimum absolute atomic E-state index is 0.0480. The number of carbonyl (C=O) groups excluding carboxylic acids is 2. The molecule has 3 aromatic rings. The molecule has 1 aliphatic rings. The summed E-state index contributed by atoms with van der Waals surface area (Å²) in [4.78, 5) is 26.9. The Balaban J connectivity index is 1.85. The van der Waals surface area contributed by atoms with Gasteiger partial charge in [-0.15, -0.1) is 0 Å². The summed E-state index contributed by atoms with van der Waals surface area (Å²) in [5, 5.41) is 0.566. The SMILES string of the molecule is CC(=O)[C@@H](CC(=O)C1=C[C@@H](C(C)(C)C)N(S(=O)(=O)c2ccccc2Br)C1c1ccc(Cl)c(Cl)c1)Cc1ccccc1. The number of benzene rings is 3. The van der Waals surface area contributed by atoms with Gasteiger partial charge in [-0.3, -0.25) is 9.59 Å². The summed E-state index contributed by atoms with van der Waals surface area (Å²) in [6.07, 6.45) is 2.12. The number of rotatable bonds is 9. The van der Waals surface area contributed by atoms with E-state index in [1.165, 1.54) is 17.3 Å². The Morgan fingerprint density at radius 1 is 0.951 bits per heavy atom. The van der Waals surface area contributed by atoms with Crippen LogP contribution in [0.1, 0.15) is 51.3 Å². The van der Waals surface area contributed by atoms with Crippen LogP contribution >= 0.6 is 39.1 Å². The number of ketones is 2. The van der Waals surface area contributed by atoms with Crippen LogP contribution in [-0.4, -0.2) is 30.3 Å². The first kappa shape index (κ1) is 31.6. The number of halogens is 3. The Kier molecular flexibility index (Phi) is 9.66. The largest absolute Gasteiger partial charge is 0.300 e. The number of sulfonamides is 1. The molecule has 4 rings (SSSR count). The van der Waals surface area contributed by atoms with Gasteiger partial charge in [-0.2, -0.15) is 4.31 Å². The molecule has 9 heteroatoms. The first-order valence-electron chi connectivity index (χ1n) is 13.2. The minimum Gasteiger partial charge on any atom is -0.300 e. The van der Waals surface area contributed by atoms with Crippen LogP contribution in [0.2, 0.25) is 10.0 Å². The maximum Gasteiger partial charge on any atom is 0.245 e. The standard InChI is InChI=1S/C32H32BrCl2NO4S/c1-20(37)23(16-21-10-6-5-7-11-21)18-28(38)24-19-30(32(2,3)4)36(31(24)22-14-15-26(34)27(35)17-22)41(39,40)29-13-9-8-12-25(29)33/h5-15,17,19,23,30-31H,16,18H2,1-4H3/t23-,30+,31?/m1/s1. The summed E-state index contributed by atoms with van der Waals surface area (Å²) in [6, 6.07) is 19.4. The van der Waals surface area contributed by atoms with Crippen LogP contribution < -0.4 is 0 Å². The van der Waals surface area contributed by atoms with Crippen molar-refractivity contribution in [1.82, 2.24) is 4.31 Å². The fraction of sp³-hybridized carbons (Fsp3) is 0.312. The van der Waals surface area contributed by atoms with Gasteiger partial charge in [0.05, 0.1) is 21.0 Å². The van der Waals surface area contributed by atoms with E-state index in [1.54, 1.807) is 42.5 Å². The smallest absolute Gasteiger partial charge is 0.245 e. The minimum atomic E-state index is -4.14. The quantitative estimate of drug-likeness (QED) is 0.229. The molecule has 3 atom stereocenters. The molecule has 5 nitrogen and oxygen atoms in total. The van der Waals surface area contributed by atoms with E-state index in [0.29, 0.717) is 27.1 Å². The third-order valence-corrected chi connectivity index (χ3v) is 11.0. The zero-order valence-corrected chi connectivity index (χ0v) is 27.2. The van der Waals surface area contributed by atoms with Crippen LogP contribution in [0.4, 0.5) is 0 Å². The second kappa shape index (κ2) is 12.5. The normalized spacial score (nSPS) is 18.7. The number of carbonyl (C=O) groups is 2. The Bertz CT molecular complexity index is 1600. The zero-order chi connectivity index (χ0) is 30.1. The lowest BCUT2D eigenvalue weighted by Crippen LogP contribution is -2.45.